The molecule has 1 heterocycles. The van der Waals surface area contributed by atoms with Crippen LogP contribution in [0.2, 0.25) is 0 Å². The summed E-state index contributed by atoms with van der Waals surface area (Å²) in [6.45, 7) is 0. The smallest absolute Gasteiger partial charge is 0.328 e. The molecule has 3 unspecified atom stereocenters. The molecule has 1 saturated heterocycles. The van der Waals surface area contributed by atoms with Crippen molar-refractivity contribution in [1.82, 2.24) is 0 Å². The van der Waals surface area contributed by atoms with Crippen molar-refractivity contribution >= 4 is 26.2 Å². The van der Waals surface area contributed by atoms with Gasteiger partial charge in [0.1, 0.15) is 11.9 Å². The first-order chi connectivity index (χ1) is 8.67. The zero-order valence-electron chi connectivity index (χ0n) is 9.47. The number of hydrogen-bond acceptors (Lipinski definition) is 7. The van der Waals surface area contributed by atoms with Gasteiger partial charge in [-0.05, 0) is 18.4 Å². The minimum atomic E-state index is -4.47. The second kappa shape index (κ2) is 3.78. The van der Waals surface area contributed by atoms with E-state index in [1.165, 1.54) is 0 Å². The lowest BCUT2D eigenvalue weighted by Crippen LogP contribution is -2.26. The van der Waals surface area contributed by atoms with E-state index in [0.717, 1.165) is 0 Å². The number of hydrogen-bond donors (Lipinski definition) is 1. The van der Waals surface area contributed by atoms with Crippen LogP contribution < -0.4 is 0 Å². The van der Waals surface area contributed by atoms with Gasteiger partial charge in [0, 0.05) is 5.92 Å². The van der Waals surface area contributed by atoms with Crippen molar-refractivity contribution in [1.29, 1.82) is 0 Å². The van der Waals surface area contributed by atoms with Gasteiger partial charge in [-0.1, -0.05) is 0 Å². The maximum Gasteiger partial charge on any atom is 0.328 e. The highest BCUT2D eigenvalue weighted by atomic mass is 32.2. The average molecular weight is 310 g/mol. The quantitative estimate of drug-likeness (QED) is 0.408. The molecule has 3 aliphatic rings. The molecule has 3 rings (SSSR count). The number of carbonyl (C=O) groups is 1. The lowest BCUT2D eigenvalue weighted by Gasteiger charge is -2.15. The molecule has 0 aromatic heterocycles. The Bertz CT molecular complexity index is 686. The van der Waals surface area contributed by atoms with Crippen molar-refractivity contribution in [2.75, 3.05) is 5.75 Å². The number of fused-ring (bicyclic) bond motifs is 1. The second-order valence-corrected chi connectivity index (χ2v) is 8.02. The average Bonchev–Trinajstić information content (AvgIpc) is 2.78. The van der Waals surface area contributed by atoms with E-state index in [-0.39, 0.29) is 18.1 Å². The lowest BCUT2D eigenvalue weighted by molar-refractivity contribution is -0.138. The predicted octanol–water partition coefficient (Wildman–Crippen LogP) is -0.808. The van der Waals surface area contributed by atoms with E-state index in [4.69, 9.17) is 13.5 Å². The molecule has 2 fully saturated rings. The van der Waals surface area contributed by atoms with Crippen LogP contribution in [0.4, 0.5) is 0 Å². The summed E-state index contributed by atoms with van der Waals surface area (Å²) in [7, 11) is -8.11. The molecule has 19 heavy (non-hydrogen) atoms. The molecule has 10 heteroatoms. The topological polar surface area (TPSA) is 124 Å². The Morgan fingerprint density at radius 3 is 2.74 bits per heavy atom. The molecular weight excluding hydrogens is 300 g/mol. The van der Waals surface area contributed by atoms with Gasteiger partial charge >= 0.3 is 5.97 Å². The predicted molar refractivity (Wildman–Crippen MR) is 59.8 cm³/mol. The van der Waals surface area contributed by atoms with Gasteiger partial charge in [-0.2, -0.15) is 16.8 Å². The van der Waals surface area contributed by atoms with Crippen LogP contribution in [0, 0.1) is 5.92 Å². The highest BCUT2D eigenvalue weighted by Crippen LogP contribution is 2.54. The van der Waals surface area contributed by atoms with E-state index in [0.29, 0.717) is 12.0 Å². The third kappa shape index (κ3) is 2.08. The molecule has 106 valence electrons. The first kappa shape index (κ1) is 13.0. The van der Waals surface area contributed by atoms with Crippen molar-refractivity contribution < 1.29 is 35.1 Å². The number of rotatable bonds is 3. The maximum absolute atomic E-state index is 11.6. The summed E-state index contributed by atoms with van der Waals surface area (Å²) in [4.78, 5) is 11.3. The first-order valence-electron chi connectivity index (χ1n) is 5.47. The molecular formula is C9H10O8S2. The van der Waals surface area contributed by atoms with E-state index in [2.05, 4.69) is 0 Å². The number of ether oxygens (including phenoxy) is 1. The van der Waals surface area contributed by atoms with Crippen molar-refractivity contribution in [3.8, 4) is 0 Å². The van der Waals surface area contributed by atoms with Crippen molar-refractivity contribution in [2.45, 2.75) is 24.2 Å². The summed E-state index contributed by atoms with van der Waals surface area (Å²) in [5.74, 6) is -2.48. The highest BCUT2D eigenvalue weighted by molar-refractivity contribution is 7.87. The van der Waals surface area contributed by atoms with E-state index >= 15 is 0 Å². The van der Waals surface area contributed by atoms with Crippen LogP contribution in [-0.2, 0) is 34.0 Å². The van der Waals surface area contributed by atoms with Crippen LogP contribution in [-0.4, -0.2) is 44.5 Å². The van der Waals surface area contributed by atoms with Crippen molar-refractivity contribution in [3.63, 3.8) is 0 Å². The van der Waals surface area contributed by atoms with Gasteiger partial charge < -0.3 is 4.74 Å². The van der Waals surface area contributed by atoms with Crippen LogP contribution in [0.5, 0.6) is 0 Å². The fraction of sp³-hybridized carbons (Fsp3) is 0.667. The molecule has 0 aromatic rings. The van der Waals surface area contributed by atoms with Gasteiger partial charge in [0.25, 0.3) is 20.2 Å². The molecule has 2 bridgehead atoms. The Morgan fingerprint density at radius 1 is 1.42 bits per heavy atom. The first-order valence-corrected chi connectivity index (χ1v) is 8.55. The van der Waals surface area contributed by atoms with Crippen molar-refractivity contribution in [2.24, 2.45) is 5.92 Å². The van der Waals surface area contributed by atoms with Crippen LogP contribution in [0.3, 0.4) is 0 Å². The van der Waals surface area contributed by atoms with E-state index in [9.17, 15) is 21.6 Å². The standard InChI is InChI=1S/C9H10O8S2/c10-7(3-18(11,12)13)16-8-4-1-5-6(2-4)19(14,15)17-9(5)8/h5-6,9H,1-3H2,(H,11,12,13). The number of allylic oxidation sites excluding steroid dienone is 1. The van der Waals surface area contributed by atoms with Gasteiger partial charge in [0.2, 0.25) is 0 Å². The SMILES string of the molecule is O=C(CS(=O)(=O)O)OC1=C2CC3C1OS(=O)(=O)C3C2. The third-order valence-electron chi connectivity index (χ3n) is 3.54. The fourth-order valence-corrected chi connectivity index (χ4v) is 4.96. The number of esters is 1. The normalized spacial score (nSPS) is 34.9. The minimum Gasteiger partial charge on any atom is -0.427 e. The molecule has 1 aliphatic heterocycles. The molecule has 3 atom stereocenters. The molecule has 1 saturated carbocycles. The van der Waals surface area contributed by atoms with Gasteiger partial charge in [-0.3, -0.25) is 13.5 Å². The molecule has 0 spiro atoms. The van der Waals surface area contributed by atoms with Gasteiger partial charge in [0.15, 0.2) is 5.75 Å². The Kier molecular flexibility index (Phi) is 2.59. The largest absolute Gasteiger partial charge is 0.427 e. The van der Waals surface area contributed by atoms with Crippen molar-refractivity contribution in [3.05, 3.63) is 11.3 Å². The monoisotopic (exact) mass is 310 g/mol. The Morgan fingerprint density at radius 2 is 2.11 bits per heavy atom. The van der Waals surface area contributed by atoms with E-state index in [1.54, 1.807) is 0 Å². The van der Waals surface area contributed by atoms with Crippen LogP contribution in [0.25, 0.3) is 0 Å². The van der Waals surface area contributed by atoms with E-state index < -0.39 is 43.3 Å². The zero-order chi connectivity index (χ0) is 14.0. The van der Waals surface area contributed by atoms with Gasteiger partial charge in [0.05, 0.1) is 5.25 Å². The lowest BCUT2D eigenvalue weighted by atomic mass is 10.0. The second-order valence-electron chi connectivity index (χ2n) is 4.79. The molecule has 0 aromatic carbocycles. The summed E-state index contributed by atoms with van der Waals surface area (Å²) in [5.41, 5.74) is 0.671. The summed E-state index contributed by atoms with van der Waals surface area (Å²) >= 11 is 0. The molecule has 0 radical (unpaired) electrons. The minimum absolute atomic E-state index is 0.0935. The van der Waals surface area contributed by atoms with Gasteiger partial charge in [-0.25, -0.2) is 0 Å². The fourth-order valence-electron chi connectivity index (χ4n) is 2.87. The molecule has 0 amide bonds. The molecule has 8 nitrogen and oxygen atoms in total. The Hall–Kier alpha value is -0.970. The van der Waals surface area contributed by atoms with E-state index in [1.807, 2.05) is 0 Å². The number of carbonyl (C=O) groups excluding carboxylic acids is 1. The zero-order valence-corrected chi connectivity index (χ0v) is 11.1. The van der Waals surface area contributed by atoms with Crippen LogP contribution >= 0.6 is 0 Å². The third-order valence-corrected chi connectivity index (χ3v) is 5.87. The van der Waals surface area contributed by atoms with Crippen LogP contribution in [0.15, 0.2) is 11.3 Å². The highest BCUT2D eigenvalue weighted by Gasteiger charge is 2.60. The maximum atomic E-state index is 11.6. The summed E-state index contributed by atoms with van der Waals surface area (Å²) in [6, 6.07) is 0. The Balaban J connectivity index is 1.80. The Labute approximate surface area is 109 Å². The van der Waals surface area contributed by atoms with Crippen LogP contribution in [0.1, 0.15) is 12.8 Å². The summed E-state index contributed by atoms with van der Waals surface area (Å²) < 4.78 is 62.6. The van der Waals surface area contributed by atoms with Gasteiger partial charge in [-0.15, -0.1) is 0 Å². The molecule has 1 N–H and O–H groups in total. The summed E-state index contributed by atoms with van der Waals surface area (Å²) in [5, 5.41) is -0.587. The molecule has 2 aliphatic carbocycles. The summed E-state index contributed by atoms with van der Waals surface area (Å²) in [6.07, 6.45) is -0.106.